The Hall–Kier alpha value is -1.27. The number of halogens is 3. The maximum Gasteiger partial charge on any atom is 0.242 e. The average Bonchev–Trinajstić information content (AvgIpc) is 2.88. The van der Waals surface area contributed by atoms with Crippen LogP contribution in [-0.2, 0) is 11.8 Å². The van der Waals surface area contributed by atoms with Gasteiger partial charge in [-0.15, -0.1) is 12.4 Å². The highest BCUT2D eigenvalue weighted by atomic mass is 35.5. The third kappa shape index (κ3) is 4.61. The van der Waals surface area contributed by atoms with Crippen LogP contribution < -0.4 is 10.6 Å². The van der Waals surface area contributed by atoms with Crippen molar-refractivity contribution in [1.82, 2.24) is 20.4 Å². The van der Waals surface area contributed by atoms with Gasteiger partial charge in [0.15, 0.2) is 0 Å². The average molecular weight is 378 g/mol. The molecule has 0 aliphatic carbocycles. The Morgan fingerprint density at radius 2 is 2.04 bits per heavy atom. The van der Waals surface area contributed by atoms with E-state index in [0.29, 0.717) is 10.0 Å². The Labute approximate surface area is 151 Å². The number of carbonyl (C=O) groups excluding carboxylic acids is 1. The zero-order chi connectivity index (χ0) is 16.3. The van der Waals surface area contributed by atoms with Crippen molar-refractivity contribution in [2.75, 3.05) is 7.05 Å². The predicted molar refractivity (Wildman–Crippen MR) is 95.3 cm³/mol. The molecule has 126 valence electrons. The highest BCUT2D eigenvalue weighted by Crippen LogP contribution is 2.30. The van der Waals surface area contributed by atoms with Crippen LogP contribution in [0.15, 0.2) is 30.6 Å². The first-order chi connectivity index (χ1) is 10.4. The molecule has 0 aliphatic rings. The number of aromatic nitrogens is 2. The quantitative estimate of drug-likeness (QED) is 0.840. The summed E-state index contributed by atoms with van der Waals surface area (Å²) in [7, 11) is 3.54. The Morgan fingerprint density at radius 3 is 2.61 bits per heavy atom. The van der Waals surface area contributed by atoms with Gasteiger partial charge in [0, 0.05) is 18.8 Å². The number of nitrogens with one attached hydrogen (secondary N) is 2. The maximum absolute atomic E-state index is 12.5. The van der Waals surface area contributed by atoms with Crippen LogP contribution >= 0.6 is 35.6 Å². The first kappa shape index (κ1) is 19.8. The van der Waals surface area contributed by atoms with Crippen LogP contribution in [0.2, 0.25) is 10.0 Å². The summed E-state index contributed by atoms with van der Waals surface area (Å²) in [4.78, 5) is 12.5. The number of amides is 1. The minimum absolute atomic E-state index is 0. The summed E-state index contributed by atoms with van der Waals surface area (Å²) in [6, 6.07) is 4.63. The van der Waals surface area contributed by atoms with Crippen molar-refractivity contribution in [3.8, 4) is 0 Å². The Kier molecular flexibility index (Phi) is 7.35. The van der Waals surface area contributed by atoms with Gasteiger partial charge in [0.25, 0.3) is 0 Å². The van der Waals surface area contributed by atoms with Crippen molar-refractivity contribution < 1.29 is 4.79 Å². The number of benzene rings is 1. The molecule has 0 fully saturated rings. The van der Waals surface area contributed by atoms with Crippen molar-refractivity contribution >= 4 is 41.5 Å². The number of aryl methyl sites for hydroxylation is 1. The zero-order valence-corrected chi connectivity index (χ0v) is 15.3. The van der Waals surface area contributed by atoms with Gasteiger partial charge in [-0.3, -0.25) is 9.48 Å². The van der Waals surface area contributed by atoms with E-state index < -0.39 is 6.04 Å². The van der Waals surface area contributed by atoms with Crippen molar-refractivity contribution in [1.29, 1.82) is 0 Å². The molecule has 0 aliphatic heterocycles. The Balaban J connectivity index is 0.00000264. The largest absolute Gasteiger partial charge is 0.348 e. The van der Waals surface area contributed by atoms with Gasteiger partial charge in [-0.25, -0.2) is 0 Å². The lowest BCUT2D eigenvalue weighted by atomic mass is 10.1. The van der Waals surface area contributed by atoms with E-state index in [4.69, 9.17) is 23.2 Å². The summed E-state index contributed by atoms with van der Waals surface area (Å²) in [5.74, 6) is -0.154. The molecule has 23 heavy (non-hydrogen) atoms. The van der Waals surface area contributed by atoms with Crippen LogP contribution in [-0.4, -0.2) is 22.7 Å². The van der Waals surface area contributed by atoms with Crippen molar-refractivity contribution in [3.05, 3.63) is 51.8 Å². The fourth-order valence-corrected chi connectivity index (χ4v) is 2.74. The molecule has 1 heterocycles. The van der Waals surface area contributed by atoms with Gasteiger partial charge >= 0.3 is 0 Å². The molecule has 1 aromatic heterocycles. The lowest BCUT2D eigenvalue weighted by Gasteiger charge is -2.20. The highest BCUT2D eigenvalue weighted by molar-refractivity contribution is 6.42. The molecule has 0 saturated heterocycles. The molecule has 8 heteroatoms. The van der Waals surface area contributed by atoms with Gasteiger partial charge in [-0.2, -0.15) is 5.10 Å². The summed E-state index contributed by atoms with van der Waals surface area (Å²) >= 11 is 12.2. The summed E-state index contributed by atoms with van der Waals surface area (Å²) in [6.07, 6.45) is 3.47. The number of nitrogens with zero attached hydrogens (tertiary/aromatic N) is 2. The molecule has 2 rings (SSSR count). The van der Waals surface area contributed by atoms with Crippen molar-refractivity contribution in [2.45, 2.75) is 19.0 Å². The third-order valence-electron chi connectivity index (χ3n) is 3.42. The van der Waals surface area contributed by atoms with E-state index in [1.54, 1.807) is 30.2 Å². The number of likely N-dealkylation sites (N-methyl/N-ethyl adjacent to an activating group) is 1. The van der Waals surface area contributed by atoms with E-state index in [-0.39, 0.29) is 24.4 Å². The normalized spacial score (nSPS) is 13.1. The van der Waals surface area contributed by atoms with Gasteiger partial charge < -0.3 is 10.6 Å². The fraction of sp³-hybridized carbons (Fsp3) is 0.333. The maximum atomic E-state index is 12.5. The monoisotopic (exact) mass is 376 g/mol. The third-order valence-corrected chi connectivity index (χ3v) is 4.25. The van der Waals surface area contributed by atoms with Crippen LogP contribution in [0.1, 0.15) is 30.1 Å². The predicted octanol–water partition coefficient (Wildman–Crippen LogP) is 3.29. The highest BCUT2D eigenvalue weighted by Gasteiger charge is 2.23. The summed E-state index contributed by atoms with van der Waals surface area (Å²) in [6.45, 7) is 1.87. The SMILES string of the molecule is CNC(C(=O)NC(C)c1cccc(Cl)c1Cl)c1cnn(C)c1.Cl. The molecule has 2 atom stereocenters. The lowest BCUT2D eigenvalue weighted by molar-refractivity contribution is -0.123. The Morgan fingerprint density at radius 1 is 1.35 bits per heavy atom. The van der Waals surface area contributed by atoms with Gasteiger partial charge in [0.1, 0.15) is 6.04 Å². The molecule has 5 nitrogen and oxygen atoms in total. The molecule has 0 saturated carbocycles. The van der Waals surface area contributed by atoms with Crippen molar-refractivity contribution in [2.24, 2.45) is 7.05 Å². The number of hydrogen-bond acceptors (Lipinski definition) is 3. The van der Waals surface area contributed by atoms with E-state index in [9.17, 15) is 4.79 Å². The van der Waals surface area contributed by atoms with Crippen molar-refractivity contribution in [3.63, 3.8) is 0 Å². The summed E-state index contributed by atoms with van der Waals surface area (Å²) < 4.78 is 1.66. The lowest BCUT2D eigenvalue weighted by Crippen LogP contribution is -2.37. The number of carbonyl (C=O) groups is 1. The second-order valence-corrected chi connectivity index (χ2v) is 5.83. The van der Waals surface area contributed by atoms with Crippen LogP contribution in [0.4, 0.5) is 0 Å². The molecule has 2 unspecified atom stereocenters. The van der Waals surface area contributed by atoms with Gasteiger partial charge in [-0.05, 0) is 25.6 Å². The molecule has 2 aromatic rings. The molecular formula is C15H19Cl3N4O. The van der Waals surface area contributed by atoms with Gasteiger partial charge in [-0.1, -0.05) is 35.3 Å². The molecule has 0 bridgehead atoms. The fourth-order valence-electron chi connectivity index (χ4n) is 2.27. The van der Waals surface area contributed by atoms with Crippen LogP contribution in [0.3, 0.4) is 0 Å². The topological polar surface area (TPSA) is 59.0 Å². The van der Waals surface area contributed by atoms with E-state index in [1.807, 2.05) is 26.1 Å². The Bertz CT molecular complexity index is 674. The second-order valence-electron chi connectivity index (χ2n) is 5.04. The zero-order valence-electron chi connectivity index (χ0n) is 13.0. The molecule has 1 aromatic carbocycles. The first-order valence-electron chi connectivity index (χ1n) is 6.84. The number of rotatable bonds is 5. The summed E-state index contributed by atoms with van der Waals surface area (Å²) in [5, 5.41) is 10.9. The van der Waals surface area contributed by atoms with Crippen LogP contribution in [0.25, 0.3) is 0 Å². The molecule has 0 spiro atoms. The van der Waals surface area contributed by atoms with E-state index in [1.165, 1.54) is 0 Å². The molecule has 1 amide bonds. The first-order valence-corrected chi connectivity index (χ1v) is 7.59. The molecule has 0 radical (unpaired) electrons. The number of hydrogen-bond donors (Lipinski definition) is 2. The van der Waals surface area contributed by atoms with E-state index >= 15 is 0 Å². The van der Waals surface area contributed by atoms with Gasteiger partial charge in [0.2, 0.25) is 5.91 Å². The minimum atomic E-state index is -0.478. The van der Waals surface area contributed by atoms with E-state index in [2.05, 4.69) is 15.7 Å². The van der Waals surface area contributed by atoms with E-state index in [0.717, 1.165) is 11.1 Å². The van der Waals surface area contributed by atoms with Crippen LogP contribution in [0, 0.1) is 0 Å². The smallest absolute Gasteiger partial charge is 0.242 e. The molecular weight excluding hydrogens is 359 g/mol. The molecule has 2 N–H and O–H groups in total. The minimum Gasteiger partial charge on any atom is -0.348 e. The summed E-state index contributed by atoms with van der Waals surface area (Å²) in [5.41, 5.74) is 1.58. The van der Waals surface area contributed by atoms with Gasteiger partial charge in [0.05, 0.1) is 22.3 Å². The van der Waals surface area contributed by atoms with Crippen LogP contribution in [0.5, 0.6) is 0 Å². The second kappa shape index (κ2) is 8.55. The standard InChI is InChI=1S/C15H18Cl2N4O.ClH/c1-9(11-5-4-6-12(16)13(11)17)20-15(22)14(18-2)10-7-19-21(3)8-10;/h4-9,14,18H,1-3H3,(H,20,22);1H.